The number of methoxy groups -OCH3 is 1. The van der Waals surface area contributed by atoms with Crippen molar-refractivity contribution in [2.75, 3.05) is 32.8 Å². The van der Waals surface area contributed by atoms with Crippen LogP contribution in [0.2, 0.25) is 0 Å². The summed E-state index contributed by atoms with van der Waals surface area (Å²) >= 11 is 0. The molecule has 2 aliphatic heterocycles. The highest BCUT2D eigenvalue weighted by Crippen LogP contribution is 2.49. The molecule has 3 aromatic rings. The number of anilines is 1. The molecule has 0 aliphatic carbocycles. The Hall–Kier alpha value is -3.51. The summed E-state index contributed by atoms with van der Waals surface area (Å²) in [5.74, 6) is 2.13. The maximum absolute atomic E-state index is 12.4. The van der Waals surface area contributed by atoms with Crippen molar-refractivity contribution in [1.82, 2.24) is 4.90 Å². The number of likely N-dealkylation sites (N-methyl/N-ethyl adjacent to an activating group) is 1. The number of hydrogen-bond donors (Lipinski definition) is 1. The molecule has 0 fully saturated rings. The van der Waals surface area contributed by atoms with Crippen LogP contribution in [-0.2, 0) is 12.8 Å². The zero-order valence-corrected chi connectivity index (χ0v) is 18.3. The van der Waals surface area contributed by atoms with Crippen LogP contribution in [-0.4, -0.2) is 38.3 Å². The maximum atomic E-state index is 12.4. The molecule has 2 aliphatic rings. The topological polar surface area (TPSA) is 60.0 Å². The Morgan fingerprint density at radius 3 is 2.66 bits per heavy atom. The molecule has 164 valence electrons. The number of fused-ring (bicyclic) bond motifs is 2. The molecule has 5 rings (SSSR count). The number of nitrogens with one attached hydrogen (secondary N) is 1. The van der Waals surface area contributed by atoms with E-state index in [-0.39, 0.29) is 18.7 Å². The molecule has 0 radical (unpaired) electrons. The van der Waals surface area contributed by atoms with Gasteiger partial charge < -0.3 is 19.5 Å². The number of hydrogen-bond acceptors (Lipinski definition) is 5. The second-order valence-electron chi connectivity index (χ2n) is 8.18. The van der Waals surface area contributed by atoms with E-state index in [9.17, 15) is 4.79 Å². The van der Waals surface area contributed by atoms with Crippen LogP contribution in [0.1, 0.15) is 33.1 Å². The average Bonchev–Trinajstić information content (AvgIpc) is 3.29. The summed E-state index contributed by atoms with van der Waals surface area (Å²) in [6.07, 6.45) is 1.77. The number of carbonyl (C=O) groups is 1. The SMILES string of the molecule is COc1c2c(cc3c1C(Cc1ccc(NC(=O)c4ccccc4)cc1)N(C)CC3)OCO2. The van der Waals surface area contributed by atoms with Gasteiger partial charge in [-0.15, -0.1) is 0 Å². The van der Waals surface area contributed by atoms with Crippen LogP contribution in [0.4, 0.5) is 5.69 Å². The van der Waals surface area contributed by atoms with Crippen molar-refractivity contribution in [2.24, 2.45) is 0 Å². The van der Waals surface area contributed by atoms with Gasteiger partial charge in [-0.2, -0.15) is 0 Å². The zero-order chi connectivity index (χ0) is 22.1. The molecule has 1 N–H and O–H groups in total. The van der Waals surface area contributed by atoms with Crippen molar-refractivity contribution < 1.29 is 19.0 Å². The van der Waals surface area contributed by atoms with E-state index in [1.54, 1.807) is 19.2 Å². The number of benzene rings is 3. The number of ether oxygens (including phenoxy) is 3. The Labute approximate surface area is 187 Å². The lowest BCUT2D eigenvalue weighted by molar-refractivity contribution is 0.102. The Morgan fingerprint density at radius 1 is 1.12 bits per heavy atom. The normalized spacial score (nSPS) is 17.0. The Balaban J connectivity index is 1.37. The van der Waals surface area contributed by atoms with Gasteiger partial charge in [0.2, 0.25) is 12.5 Å². The van der Waals surface area contributed by atoms with Gasteiger partial charge >= 0.3 is 0 Å². The summed E-state index contributed by atoms with van der Waals surface area (Å²) in [5.41, 5.74) is 5.03. The summed E-state index contributed by atoms with van der Waals surface area (Å²) in [5, 5.41) is 2.96. The third kappa shape index (κ3) is 3.78. The van der Waals surface area contributed by atoms with Gasteiger partial charge in [0.25, 0.3) is 5.91 Å². The predicted octanol–water partition coefficient (Wildman–Crippen LogP) is 4.45. The lowest BCUT2D eigenvalue weighted by Gasteiger charge is -2.36. The van der Waals surface area contributed by atoms with Crippen LogP contribution in [0.3, 0.4) is 0 Å². The Morgan fingerprint density at radius 2 is 1.91 bits per heavy atom. The summed E-state index contributed by atoms with van der Waals surface area (Å²) in [4.78, 5) is 14.8. The molecule has 6 heteroatoms. The summed E-state index contributed by atoms with van der Waals surface area (Å²) < 4.78 is 17.1. The monoisotopic (exact) mass is 430 g/mol. The molecule has 1 amide bonds. The quantitative estimate of drug-likeness (QED) is 0.648. The van der Waals surface area contributed by atoms with E-state index in [4.69, 9.17) is 14.2 Å². The molecular weight excluding hydrogens is 404 g/mol. The highest BCUT2D eigenvalue weighted by molar-refractivity contribution is 6.04. The minimum atomic E-state index is -0.111. The molecule has 1 unspecified atom stereocenters. The minimum Gasteiger partial charge on any atom is -0.492 e. The lowest BCUT2D eigenvalue weighted by Crippen LogP contribution is -2.33. The van der Waals surface area contributed by atoms with E-state index < -0.39 is 0 Å². The third-order valence-corrected chi connectivity index (χ3v) is 6.22. The van der Waals surface area contributed by atoms with Crippen molar-refractivity contribution in [3.63, 3.8) is 0 Å². The molecule has 1 atom stereocenters. The second-order valence-corrected chi connectivity index (χ2v) is 8.18. The first-order chi connectivity index (χ1) is 15.6. The molecule has 3 aromatic carbocycles. The minimum absolute atomic E-state index is 0.111. The van der Waals surface area contributed by atoms with Crippen molar-refractivity contribution in [1.29, 1.82) is 0 Å². The smallest absolute Gasteiger partial charge is 0.255 e. The third-order valence-electron chi connectivity index (χ3n) is 6.22. The van der Waals surface area contributed by atoms with Crippen LogP contribution < -0.4 is 19.5 Å². The van der Waals surface area contributed by atoms with Gasteiger partial charge in [0.1, 0.15) is 0 Å². The fourth-order valence-corrected chi connectivity index (χ4v) is 4.52. The highest BCUT2D eigenvalue weighted by atomic mass is 16.7. The summed E-state index contributed by atoms with van der Waals surface area (Å²) in [6.45, 7) is 1.19. The Bertz CT molecular complexity index is 1130. The molecule has 0 aromatic heterocycles. The number of nitrogens with zero attached hydrogens (tertiary/aromatic N) is 1. The summed E-state index contributed by atoms with van der Waals surface area (Å²) in [7, 11) is 3.83. The predicted molar refractivity (Wildman–Crippen MR) is 123 cm³/mol. The van der Waals surface area contributed by atoms with Crippen molar-refractivity contribution in [2.45, 2.75) is 18.9 Å². The number of carbonyl (C=O) groups excluding carboxylic acids is 1. The van der Waals surface area contributed by atoms with E-state index >= 15 is 0 Å². The lowest BCUT2D eigenvalue weighted by atomic mass is 9.87. The second kappa shape index (κ2) is 8.55. The van der Waals surface area contributed by atoms with Crippen LogP contribution >= 0.6 is 0 Å². The van der Waals surface area contributed by atoms with Gasteiger partial charge in [-0.25, -0.2) is 0 Å². The van der Waals surface area contributed by atoms with Crippen LogP contribution in [0.15, 0.2) is 60.7 Å². The van der Waals surface area contributed by atoms with Gasteiger partial charge in [-0.3, -0.25) is 9.69 Å². The first kappa shape index (κ1) is 20.4. The van der Waals surface area contributed by atoms with Crippen molar-refractivity contribution in [3.8, 4) is 17.2 Å². The molecule has 0 spiro atoms. The molecule has 0 bridgehead atoms. The fourth-order valence-electron chi connectivity index (χ4n) is 4.52. The van der Waals surface area contributed by atoms with Crippen LogP contribution in [0.25, 0.3) is 0 Å². The van der Waals surface area contributed by atoms with Crippen LogP contribution in [0, 0.1) is 0 Å². The zero-order valence-electron chi connectivity index (χ0n) is 18.3. The van der Waals surface area contributed by atoms with Gasteiger partial charge in [0.05, 0.1) is 7.11 Å². The highest BCUT2D eigenvalue weighted by Gasteiger charge is 2.33. The van der Waals surface area contributed by atoms with E-state index in [1.165, 1.54) is 16.7 Å². The van der Waals surface area contributed by atoms with Gasteiger partial charge in [-0.1, -0.05) is 30.3 Å². The van der Waals surface area contributed by atoms with E-state index in [1.807, 2.05) is 30.3 Å². The van der Waals surface area contributed by atoms with Crippen molar-refractivity contribution in [3.05, 3.63) is 82.9 Å². The van der Waals surface area contributed by atoms with Crippen molar-refractivity contribution >= 4 is 11.6 Å². The largest absolute Gasteiger partial charge is 0.492 e. The number of amides is 1. The first-order valence-corrected chi connectivity index (χ1v) is 10.8. The van der Waals surface area contributed by atoms with E-state index in [2.05, 4.69) is 35.5 Å². The number of rotatable bonds is 5. The molecule has 32 heavy (non-hydrogen) atoms. The molecule has 6 nitrogen and oxygen atoms in total. The molecular formula is C26H26N2O4. The van der Waals surface area contributed by atoms with E-state index in [0.717, 1.165) is 36.6 Å². The van der Waals surface area contributed by atoms with Crippen LogP contribution in [0.5, 0.6) is 17.2 Å². The Kier molecular flexibility index (Phi) is 5.45. The maximum Gasteiger partial charge on any atom is 0.255 e. The summed E-state index contributed by atoms with van der Waals surface area (Å²) in [6, 6.07) is 19.5. The van der Waals surface area contributed by atoms with Gasteiger partial charge in [-0.05, 0) is 61.3 Å². The van der Waals surface area contributed by atoms with E-state index in [0.29, 0.717) is 11.3 Å². The fraction of sp³-hybridized carbons (Fsp3) is 0.269. The van der Waals surface area contributed by atoms with Gasteiger partial charge in [0.15, 0.2) is 11.5 Å². The standard InChI is InChI=1S/C26H26N2O4/c1-28-13-12-19-15-22-24(32-16-31-22)25(30-2)23(19)21(28)14-17-8-10-20(11-9-17)27-26(29)18-6-4-3-5-7-18/h3-11,15,21H,12-14,16H2,1-2H3,(H,27,29). The molecule has 2 heterocycles. The first-order valence-electron chi connectivity index (χ1n) is 10.8. The van der Waals surface area contributed by atoms with Gasteiger partial charge in [0, 0.05) is 29.4 Å². The average molecular weight is 431 g/mol. The molecule has 0 saturated heterocycles. The molecule has 0 saturated carbocycles.